The molecule has 0 aliphatic carbocycles. The molecule has 0 fully saturated rings. The fraction of sp³-hybridized carbons (Fsp3) is 0. The molecular weight excluding hydrogens is 207 g/mol. The van der Waals surface area contributed by atoms with Crippen molar-refractivity contribution in [1.29, 1.82) is 0 Å². The molecular formula is C7H9N2O2PS. The summed E-state index contributed by atoms with van der Waals surface area (Å²) in [6.07, 6.45) is 0. The molecule has 1 amide bonds. The molecule has 0 aliphatic heterocycles. The quantitative estimate of drug-likeness (QED) is 0.632. The van der Waals surface area contributed by atoms with E-state index in [0.29, 0.717) is 5.56 Å². The van der Waals surface area contributed by atoms with E-state index in [1.54, 1.807) is 30.3 Å². The number of nitrogens with two attached hydrogens (primary N) is 1. The average Bonchev–Trinajstić information content (AvgIpc) is 2.03. The summed E-state index contributed by atoms with van der Waals surface area (Å²) in [5, 5.41) is 2.16. The van der Waals surface area contributed by atoms with E-state index in [1.165, 1.54) is 0 Å². The van der Waals surface area contributed by atoms with Crippen molar-refractivity contribution in [2.75, 3.05) is 0 Å². The highest BCUT2D eigenvalue weighted by Crippen LogP contribution is 2.24. The van der Waals surface area contributed by atoms with Gasteiger partial charge in [0.2, 0.25) is 6.57 Å². The van der Waals surface area contributed by atoms with Crippen LogP contribution in [0.3, 0.4) is 0 Å². The van der Waals surface area contributed by atoms with Gasteiger partial charge >= 0.3 is 0 Å². The van der Waals surface area contributed by atoms with E-state index in [-0.39, 0.29) is 0 Å². The molecule has 0 saturated heterocycles. The fourth-order valence-corrected chi connectivity index (χ4v) is 1.47. The largest absolute Gasteiger partial charge is 0.339 e. The van der Waals surface area contributed by atoms with Crippen LogP contribution in [-0.4, -0.2) is 10.8 Å². The summed E-state index contributed by atoms with van der Waals surface area (Å²) in [5.41, 5.74) is 5.55. The van der Waals surface area contributed by atoms with Crippen molar-refractivity contribution in [2.45, 2.75) is 0 Å². The Labute approximate surface area is 81.0 Å². The first-order valence-electron chi connectivity index (χ1n) is 3.48. The first kappa shape index (κ1) is 10.3. The molecule has 1 unspecified atom stereocenters. The zero-order valence-electron chi connectivity index (χ0n) is 6.68. The van der Waals surface area contributed by atoms with Crippen molar-refractivity contribution in [3.05, 3.63) is 35.9 Å². The van der Waals surface area contributed by atoms with Crippen LogP contribution in [0.15, 0.2) is 30.3 Å². The number of nitrogens with one attached hydrogen (secondary N) is 1. The van der Waals surface area contributed by atoms with E-state index in [9.17, 15) is 4.79 Å². The van der Waals surface area contributed by atoms with Crippen molar-refractivity contribution < 1.29 is 9.69 Å². The summed E-state index contributed by atoms with van der Waals surface area (Å²) in [6, 6.07) is 8.44. The maximum absolute atomic E-state index is 11.3. The van der Waals surface area contributed by atoms with Crippen molar-refractivity contribution in [1.82, 2.24) is 5.09 Å². The summed E-state index contributed by atoms with van der Waals surface area (Å²) in [4.78, 5) is 20.3. The van der Waals surface area contributed by atoms with E-state index in [0.717, 1.165) is 0 Å². The van der Waals surface area contributed by atoms with Crippen molar-refractivity contribution in [3.63, 3.8) is 0 Å². The molecule has 0 saturated carbocycles. The highest BCUT2D eigenvalue weighted by molar-refractivity contribution is 8.10. The number of amides is 1. The van der Waals surface area contributed by atoms with Crippen molar-refractivity contribution in [3.8, 4) is 0 Å². The molecule has 6 heteroatoms. The molecule has 1 rings (SSSR count). The predicted octanol–water partition coefficient (Wildman–Crippen LogP) is 0.592. The lowest BCUT2D eigenvalue weighted by atomic mass is 10.2. The maximum atomic E-state index is 11.3. The standard InChI is InChI=1S/C7H9N2O2PS/c8-12(11,13)9-7(10)6-4-2-1-3-5-6/h1-5H,(H4,8,9,10,11,13). The summed E-state index contributed by atoms with van der Waals surface area (Å²) >= 11 is 4.47. The van der Waals surface area contributed by atoms with E-state index in [4.69, 9.17) is 10.4 Å². The fourth-order valence-electron chi connectivity index (χ4n) is 0.800. The molecule has 4 N–H and O–H groups in total. The lowest BCUT2D eigenvalue weighted by Gasteiger charge is -2.10. The van der Waals surface area contributed by atoms with Gasteiger partial charge in [0, 0.05) is 5.56 Å². The Morgan fingerprint density at radius 3 is 2.46 bits per heavy atom. The number of hydrogen-bond donors (Lipinski definition) is 3. The first-order valence-corrected chi connectivity index (χ1v) is 6.30. The minimum absolute atomic E-state index is 0.427. The van der Waals surface area contributed by atoms with Crippen molar-refractivity contribution >= 4 is 24.3 Å². The van der Waals surface area contributed by atoms with Gasteiger partial charge in [-0.2, -0.15) is 0 Å². The lowest BCUT2D eigenvalue weighted by Crippen LogP contribution is -2.23. The first-order chi connectivity index (χ1) is 5.99. The average molecular weight is 216 g/mol. The molecule has 0 bridgehead atoms. The Balaban J connectivity index is 2.76. The van der Waals surface area contributed by atoms with Crippen LogP contribution >= 0.6 is 6.57 Å². The third kappa shape index (κ3) is 3.65. The van der Waals surface area contributed by atoms with Crippen LogP contribution in [0.1, 0.15) is 10.4 Å². The molecule has 0 aliphatic rings. The summed E-state index contributed by atoms with van der Waals surface area (Å²) < 4.78 is 0. The van der Waals surface area contributed by atoms with Gasteiger partial charge in [-0.3, -0.25) is 15.4 Å². The van der Waals surface area contributed by atoms with Gasteiger partial charge in [0.25, 0.3) is 5.91 Å². The van der Waals surface area contributed by atoms with Gasteiger partial charge in [-0.1, -0.05) is 18.2 Å². The molecule has 13 heavy (non-hydrogen) atoms. The number of carbonyl (C=O) groups excluding carboxylic acids is 1. The smallest absolute Gasteiger partial charge is 0.257 e. The molecule has 1 atom stereocenters. The van der Waals surface area contributed by atoms with Gasteiger partial charge in [-0.05, 0) is 23.9 Å². The van der Waals surface area contributed by atoms with Gasteiger partial charge in [0.05, 0.1) is 0 Å². The van der Waals surface area contributed by atoms with E-state index in [2.05, 4.69) is 16.9 Å². The van der Waals surface area contributed by atoms with Gasteiger partial charge in [0.1, 0.15) is 0 Å². The Kier molecular flexibility index (Phi) is 3.17. The molecule has 0 heterocycles. The van der Waals surface area contributed by atoms with Crippen LogP contribution in [-0.2, 0) is 11.8 Å². The molecule has 0 aromatic heterocycles. The molecule has 0 spiro atoms. The normalized spacial score (nSPS) is 14.6. The van der Waals surface area contributed by atoms with E-state index < -0.39 is 12.5 Å². The highest BCUT2D eigenvalue weighted by Gasteiger charge is 2.11. The lowest BCUT2D eigenvalue weighted by molar-refractivity contribution is 0.0980. The third-order valence-electron chi connectivity index (χ3n) is 1.30. The molecule has 1 aromatic rings. The number of rotatable bonds is 2. The topological polar surface area (TPSA) is 75.3 Å². The molecule has 4 nitrogen and oxygen atoms in total. The Morgan fingerprint density at radius 1 is 1.46 bits per heavy atom. The SMILES string of the molecule is NP(O)(=S)NC(=O)c1ccccc1. The van der Waals surface area contributed by atoms with Crippen LogP contribution in [0.5, 0.6) is 0 Å². The summed E-state index contributed by atoms with van der Waals surface area (Å²) in [5.74, 6) is -0.450. The minimum atomic E-state index is -3.15. The van der Waals surface area contributed by atoms with Crippen LogP contribution < -0.4 is 10.6 Å². The van der Waals surface area contributed by atoms with Crippen molar-refractivity contribution in [2.24, 2.45) is 5.50 Å². The number of carbonyl (C=O) groups is 1. The zero-order valence-corrected chi connectivity index (χ0v) is 8.39. The van der Waals surface area contributed by atoms with Gasteiger partial charge < -0.3 is 4.89 Å². The Hall–Kier alpha value is -0.740. The predicted molar refractivity (Wildman–Crippen MR) is 54.6 cm³/mol. The summed E-state index contributed by atoms with van der Waals surface area (Å²) in [7, 11) is 0. The maximum Gasteiger partial charge on any atom is 0.257 e. The Bertz CT molecular complexity index is 349. The monoisotopic (exact) mass is 216 g/mol. The minimum Gasteiger partial charge on any atom is -0.339 e. The summed E-state index contributed by atoms with van der Waals surface area (Å²) in [6.45, 7) is -3.15. The van der Waals surface area contributed by atoms with Crippen LogP contribution in [0.2, 0.25) is 0 Å². The van der Waals surface area contributed by atoms with Gasteiger partial charge in [-0.25, -0.2) is 0 Å². The van der Waals surface area contributed by atoms with Crippen LogP contribution in [0, 0.1) is 0 Å². The number of hydrogen-bond acceptors (Lipinski definition) is 2. The molecule has 70 valence electrons. The number of benzene rings is 1. The van der Waals surface area contributed by atoms with Crippen LogP contribution in [0.4, 0.5) is 0 Å². The second-order valence-electron chi connectivity index (χ2n) is 2.43. The second kappa shape index (κ2) is 3.98. The molecule has 0 radical (unpaired) electrons. The molecule has 1 aromatic carbocycles. The van der Waals surface area contributed by atoms with Gasteiger partial charge in [-0.15, -0.1) is 0 Å². The van der Waals surface area contributed by atoms with Gasteiger partial charge in [0.15, 0.2) is 0 Å². The van der Waals surface area contributed by atoms with E-state index >= 15 is 0 Å². The zero-order chi connectivity index (χ0) is 9.90. The third-order valence-corrected chi connectivity index (χ3v) is 2.10. The Morgan fingerprint density at radius 2 is 2.00 bits per heavy atom. The van der Waals surface area contributed by atoms with E-state index in [1.807, 2.05) is 0 Å². The second-order valence-corrected chi connectivity index (χ2v) is 5.57. The van der Waals surface area contributed by atoms with Crippen LogP contribution in [0.25, 0.3) is 0 Å². The highest BCUT2D eigenvalue weighted by atomic mass is 32.4.